The van der Waals surface area contributed by atoms with E-state index in [1.54, 1.807) is 0 Å². The Hall–Kier alpha value is -1.16. The van der Waals surface area contributed by atoms with Crippen LogP contribution in [0.2, 0.25) is 0 Å². The summed E-state index contributed by atoms with van der Waals surface area (Å²) in [6.45, 7) is 3.85. The van der Waals surface area contributed by atoms with Crippen LogP contribution in [-0.4, -0.2) is 33.6 Å². The number of hydrogen-bond donors (Lipinski definition) is 0. The SMILES string of the molecule is Cc1cc(CN2CCCCC2C=O)n(C)n1. The van der Waals surface area contributed by atoms with Crippen LogP contribution in [0.4, 0.5) is 0 Å². The number of rotatable bonds is 3. The third-order valence-corrected chi connectivity index (χ3v) is 3.29. The van der Waals surface area contributed by atoms with E-state index in [4.69, 9.17) is 0 Å². The molecule has 1 saturated heterocycles. The van der Waals surface area contributed by atoms with Crippen LogP contribution >= 0.6 is 0 Å². The number of likely N-dealkylation sites (tertiary alicyclic amines) is 1. The van der Waals surface area contributed by atoms with Crippen molar-refractivity contribution in [2.24, 2.45) is 7.05 Å². The minimum Gasteiger partial charge on any atom is -0.302 e. The van der Waals surface area contributed by atoms with Crippen LogP contribution in [0.25, 0.3) is 0 Å². The topological polar surface area (TPSA) is 38.1 Å². The molecule has 0 bridgehead atoms. The highest BCUT2D eigenvalue weighted by Crippen LogP contribution is 2.18. The molecule has 0 spiro atoms. The summed E-state index contributed by atoms with van der Waals surface area (Å²) >= 11 is 0. The van der Waals surface area contributed by atoms with Crippen molar-refractivity contribution in [3.05, 3.63) is 17.5 Å². The van der Waals surface area contributed by atoms with E-state index in [1.165, 1.54) is 18.5 Å². The molecule has 2 heterocycles. The Bertz CT molecular complexity index is 372. The van der Waals surface area contributed by atoms with Crippen LogP contribution in [0, 0.1) is 6.92 Å². The van der Waals surface area contributed by atoms with E-state index in [0.29, 0.717) is 0 Å². The summed E-state index contributed by atoms with van der Waals surface area (Å²) in [5.74, 6) is 0. The second kappa shape index (κ2) is 4.78. The van der Waals surface area contributed by atoms with Gasteiger partial charge in [0, 0.05) is 13.6 Å². The van der Waals surface area contributed by atoms with Gasteiger partial charge in [-0.1, -0.05) is 6.42 Å². The van der Waals surface area contributed by atoms with E-state index in [0.717, 1.165) is 31.5 Å². The molecule has 1 atom stereocenters. The number of aromatic nitrogens is 2. The van der Waals surface area contributed by atoms with Crippen LogP contribution < -0.4 is 0 Å². The van der Waals surface area contributed by atoms with Gasteiger partial charge in [0.05, 0.1) is 17.4 Å². The van der Waals surface area contributed by atoms with Crippen LogP contribution in [0.3, 0.4) is 0 Å². The molecule has 1 aromatic heterocycles. The van der Waals surface area contributed by atoms with Crippen molar-refractivity contribution in [2.45, 2.75) is 38.8 Å². The Labute approximate surface area is 96.2 Å². The molecule has 0 N–H and O–H groups in total. The van der Waals surface area contributed by atoms with E-state index in [-0.39, 0.29) is 6.04 Å². The number of hydrogen-bond acceptors (Lipinski definition) is 3. The molecule has 0 aromatic carbocycles. The van der Waals surface area contributed by atoms with Crippen molar-refractivity contribution in [3.8, 4) is 0 Å². The molecule has 88 valence electrons. The maximum absolute atomic E-state index is 11.0. The summed E-state index contributed by atoms with van der Waals surface area (Å²) in [6, 6.07) is 2.19. The average molecular weight is 221 g/mol. The standard InChI is InChI=1S/C12H19N3O/c1-10-7-12(14(2)13-10)8-15-6-4-3-5-11(15)9-16/h7,9,11H,3-6,8H2,1-2H3. The van der Waals surface area contributed by atoms with Gasteiger partial charge in [0.15, 0.2) is 0 Å². The number of nitrogens with zero attached hydrogens (tertiary/aromatic N) is 3. The van der Waals surface area contributed by atoms with Gasteiger partial charge in [-0.2, -0.15) is 5.10 Å². The zero-order chi connectivity index (χ0) is 11.5. The molecule has 4 nitrogen and oxygen atoms in total. The van der Waals surface area contributed by atoms with Crippen molar-refractivity contribution in [1.82, 2.24) is 14.7 Å². The predicted molar refractivity (Wildman–Crippen MR) is 62.1 cm³/mol. The molecule has 1 fully saturated rings. The van der Waals surface area contributed by atoms with Gasteiger partial charge in [0.1, 0.15) is 6.29 Å². The summed E-state index contributed by atoms with van der Waals surface area (Å²) in [7, 11) is 1.96. The summed E-state index contributed by atoms with van der Waals surface area (Å²) in [5.41, 5.74) is 2.23. The maximum Gasteiger partial charge on any atom is 0.137 e. The first-order valence-electron chi connectivity index (χ1n) is 5.89. The van der Waals surface area contributed by atoms with Gasteiger partial charge in [0.25, 0.3) is 0 Å². The lowest BCUT2D eigenvalue weighted by atomic mass is 10.0. The summed E-state index contributed by atoms with van der Waals surface area (Å²) < 4.78 is 1.91. The molecule has 1 unspecified atom stereocenters. The molecule has 1 aliphatic rings. The molecule has 0 amide bonds. The van der Waals surface area contributed by atoms with Gasteiger partial charge in [0.2, 0.25) is 0 Å². The highest BCUT2D eigenvalue weighted by Gasteiger charge is 2.22. The van der Waals surface area contributed by atoms with E-state index in [1.807, 2.05) is 18.7 Å². The van der Waals surface area contributed by atoms with Crippen LogP contribution in [0.5, 0.6) is 0 Å². The highest BCUT2D eigenvalue weighted by molar-refractivity contribution is 5.57. The first-order valence-corrected chi connectivity index (χ1v) is 5.89. The molecule has 16 heavy (non-hydrogen) atoms. The smallest absolute Gasteiger partial charge is 0.137 e. The third kappa shape index (κ3) is 2.32. The Kier molecular flexibility index (Phi) is 3.39. The minimum absolute atomic E-state index is 0.101. The lowest BCUT2D eigenvalue weighted by Crippen LogP contribution is -2.40. The second-order valence-electron chi connectivity index (χ2n) is 4.57. The van der Waals surface area contributed by atoms with E-state index in [9.17, 15) is 4.79 Å². The molecular formula is C12H19N3O. The Morgan fingerprint density at radius 2 is 2.38 bits per heavy atom. The van der Waals surface area contributed by atoms with Gasteiger partial charge in [-0.15, -0.1) is 0 Å². The maximum atomic E-state index is 11.0. The number of piperidine rings is 1. The lowest BCUT2D eigenvalue weighted by molar-refractivity contribution is -0.113. The Balaban J connectivity index is 2.07. The van der Waals surface area contributed by atoms with Gasteiger partial charge in [-0.3, -0.25) is 9.58 Å². The van der Waals surface area contributed by atoms with Gasteiger partial charge < -0.3 is 4.79 Å². The lowest BCUT2D eigenvalue weighted by Gasteiger charge is -2.31. The normalized spacial score (nSPS) is 22.2. The average Bonchev–Trinajstić information content (AvgIpc) is 2.58. The summed E-state index contributed by atoms with van der Waals surface area (Å²) in [4.78, 5) is 13.2. The number of aryl methyl sites for hydroxylation is 2. The van der Waals surface area contributed by atoms with Gasteiger partial charge >= 0.3 is 0 Å². The van der Waals surface area contributed by atoms with E-state index in [2.05, 4.69) is 16.1 Å². The van der Waals surface area contributed by atoms with Crippen LogP contribution in [0.1, 0.15) is 30.7 Å². The fourth-order valence-corrected chi connectivity index (χ4v) is 2.39. The summed E-state index contributed by atoms with van der Waals surface area (Å²) in [5, 5.41) is 4.33. The Morgan fingerprint density at radius 1 is 1.56 bits per heavy atom. The first-order chi connectivity index (χ1) is 7.70. The summed E-state index contributed by atoms with van der Waals surface area (Å²) in [6.07, 6.45) is 4.45. The molecule has 2 rings (SSSR count). The highest BCUT2D eigenvalue weighted by atomic mass is 16.1. The molecular weight excluding hydrogens is 202 g/mol. The molecule has 0 radical (unpaired) electrons. The number of aldehydes is 1. The number of carbonyl (C=O) groups excluding carboxylic acids is 1. The van der Waals surface area contributed by atoms with Crippen LogP contribution in [-0.2, 0) is 18.4 Å². The van der Waals surface area contributed by atoms with Crippen LogP contribution in [0.15, 0.2) is 6.07 Å². The largest absolute Gasteiger partial charge is 0.302 e. The van der Waals surface area contributed by atoms with Crippen molar-refractivity contribution >= 4 is 6.29 Å². The fraction of sp³-hybridized carbons (Fsp3) is 0.667. The van der Waals surface area contributed by atoms with Gasteiger partial charge in [-0.25, -0.2) is 0 Å². The van der Waals surface area contributed by atoms with Crippen molar-refractivity contribution in [1.29, 1.82) is 0 Å². The predicted octanol–water partition coefficient (Wildman–Crippen LogP) is 1.28. The molecule has 0 saturated carbocycles. The van der Waals surface area contributed by atoms with Crippen molar-refractivity contribution < 1.29 is 4.79 Å². The van der Waals surface area contributed by atoms with Crippen molar-refractivity contribution in [3.63, 3.8) is 0 Å². The molecule has 4 heteroatoms. The molecule has 1 aliphatic heterocycles. The fourth-order valence-electron chi connectivity index (χ4n) is 2.39. The second-order valence-corrected chi connectivity index (χ2v) is 4.57. The first kappa shape index (κ1) is 11.3. The zero-order valence-corrected chi connectivity index (χ0v) is 10.0. The molecule has 1 aromatic rings. The Morgan fingerprint density at radius 3 is 3.00 bits per heavy atom. The van der Waals surface area contributed by atoms with E-state index >= 15 is 0 Å². The van der Waals surface area contributed by atoms with Crippen molar-refractivity contribution in [2.75, 3.05) is 6.54 Å². The van der Waals surface area contributed by atoms with Gasteiger partial charge in [-0.05, 0) is 32.4 Å². The monoisotopic (exact) mass is 221 g/mol. The van der Waals surface area contributed by atoms with E-state index < -0.39 is 0 Å². The zero-order valence-electron chi connectivity index (χ0n) is 10.0. The molecule has 0 aliphatic carbocycles. The number of carbonyl (C=O) groups is 1. The quantitative estimate of drug-likeness (QED) is 0.722. The third-order valence-electron chi connectivity index (χ3n) is 3.29. The minimum atomic E-state index is 0.101.